The number of anilines is 1. The van der Waals surface area contributed by atoms with Crippen LogP contribution in [0.2, 0.25) is 0 Å². The summed E-state index contributed by atoms with van der Waals surface area (Å²) in [7, 11) is 0. The Morgan fingerprint density at radius 2 is 1.67 bits per heavy atom. The van der Waals surface area contributed by atoms with Crippen LogP contribution in [-0.4, -0.2) is 65.9 Å². The number of rotatable bonds is 4. The molecule has 0 bridgehead atoms. The summed E-state index contributed by atoms with van der Waals surface area (Å²) in [5, 5.41) is 3.05. The van der Waals surface area contributed by atoms with Crippen LogP contribution in [-0.2, 0) is 11.3 Å². The zero-order valence-electron chi connectivity index (χ0n) is 19.7. The largest absolute Gasteiger partial charge is 0.342 e. The molecule has 1 spiro atoms. The maximum atomic E-state index is 13.5. The maximum Gasteiger partial charge on any atom is 0.321 e. The van der Waals surface area contributed by atoms with Crippen LogP contribution in [0.15, 0.2) is 48.5 Å². The summed E-state index contributed by atoms with van der Waals surface area (Å²) in [6.07, 6.45) is 2.20. The molecule has 5 rings (SSSR count). The average Bonchev–Trinajstić information content (AvgIpc) is 3.44. The standard InChI is InChI=1S/C27H34N4O2/c1-20-10-11-23(14-21(20)2)28-26(33)31-18-27(19-31)17-29(15-22-8-4-3-5-9-22)16-24(27)25(32)30-12-6-7-13-30/h3-5,8-11,14,24H,6-7,12-13,15-19H2,1-2H3,(H,28,33). The smallest absolute Gasteiger partial charge is 0.321 e. The molecule has 6 heteroatoms. The van der Waals surface area contributed by atoms with E-state index >= 15 is 0 Å². The third kappa shape index (κ3) is 4.36. The number of benzene rings is 2. The minimum Gasteiger partial charge on any atom is -0.342 e. The number of urea groups is 1. The Morgan fingerprint density at radius 1 is 0.939 bits per heavy atom. The van der Waals surface area contributed by atoms with Gasteiger partial charge in [0, 0.05) is 56.9 Å². The fourth-order valence-corrected chi connectivity index (χ4v) is 5.73. The first-order valence-electron chi connectivity index (χ1n) is 12.1. The highest BCUT2D eigenvalue weighted by Gasteiger charge is 2.58. The van der Waals surface area contributed by atoms with E-state index in [4.69, 9.17) is 0 Å². The molecule has 33 heavy (non-hydrogen) atoms. The molecular weight excluding hydrogens is 412 g/mol. The number of nitrogens with one attached hydrogen (secondary N) is 1. The molecule has 1 N–H and O–H groups in total. The number of carbonyl (C=O) groups excluding carboxylic acids is 2. The SMILES string of the molecule is Cc1ccc(NC(=O)N2CC3(CN(Cc4ccccc4)CC3C(=O)N3CCCC3)C2)cc1C. The third-order valence-corrected chi connectivity index (χ3v) is 7.74. The zero-order chi connectivity index (χ0) is 23.0. The van der Waals surface area contributed by atoms with E-state index in [-0.39, 0.29) is 23.3 Å². The quantitative estimate of drug-likeness (QED) is 0.775. The number of hydrogen-bond donors (Lipinski definition) is 1. The van der Waals surface area contributed by atoms with Crippen molar-refractivity contribution in [2.24, 2.45) is 11.3 Å². The number of nitrogens with zero attached hydrogens (tertiary/aromatic N) is 3. The molecule has 3 amide bonds. The van der Waals surface area contributed by atoms with Crippen molar-refractivity contribution in [1.82, 2.24) is 14.7 Å². The molecular formula is C27H34N4O2. The van der Waals surface area contributed by atoms with Crippen LogP contribution < -0.4 is 5.32 Å². The molecule has 1 unspecified atom stereocenters. The van der Waals surface area contributed by atoms with E-state index in [0.717, 1.165) is 56.8 Å². The highest BCUT2D eigenvalue weighted by molar-refractivity contribution is 5.90. The molecule has 2 aromatic rings. The van der Waals surface area contributed by atoms with Gasteiger partial charge >= 0.3 is 6.03 Å². The van der Waals surface area contributed by atoms with Crippen LogP contribution in [0, 0.1) is 25.2 Å². The van der Waals surface area contributed by atoms with Gasteiger partial charge in [0.15, 0.2) is 0 Å². The second-order valence-corrected chi connectivity index (χ2v) is 10.2. The van der Waals surface area contributed by atoms with Gasteiger partial charge in [0.05, 0.1) is 5.92 Å². The van der Waals surface area contributed by atoms with E-state index in [2.05, 4.69) is 53.2 Å². The second kappa shape index (κ2) is 8.82. The Bertz CT molecular complexity index is 1030. The van der Waals surface area contributed by atoms with E-state index in [1.54, 1.807) is 0 Å². The highest BCUT2D eigenvalue weighted by Crippen LogP contribution is 2.45. The molecule has 0 aromatic heterocycles. The summed E-state index contributed by atoms with van der Waals surface area (Å²) in [6.45, 7) is 9.63. The molecule has 1 atom stereocenters. The Balaban J connectivity index is 1.28. The first-order chi connectivity index (χ1) is 15.9. The van der Waals surface area contributed by atoms with Crippen molar-refractivity contribution in [3.8, 4) is 0 Å². The molecule has 174 valence electrons. The van der Waals surface area contributed by atoms with Crippen LogP contribution in [0.3, 0.4) is 0 Å². The summed E-state index contributed by atoms with van der Waals surface area (Å²) >= 11 is 0. The molecule has 3 heterocycles. The van der Waals surface area contributed by atoms with E-state index in [1.807, 2.05) is 29.2 Å². The first-order valence-corrected chi connectivity index (χ1v) is 12.1. The first kappa shape index (κ1) is 22.0. The Hall–Kier alpha value is -2.86. The molecule has 0 radical (unpaired) electrons. The van der Waals surface area contributed by atoms with Gasteiger partial charge < -0.3 is 15.1 Å². The van der Waals surface area contributed by atoms with Crippen molar-refractivity contribution >= 4 is 17.6 Å². The number of hydrogen-bond acceptors (Lipinski definition) is 3. The third-order valence-electron chi connectivity index (χ3n) is 7.74. The van der Waals surface area contributed by atoms with Gasteiger partial charge in [-0.15, -0.1) is 0 Å². The Morgan fingerprint density at radius 3 is 2.36 bits per heavy atom. The predicted molar refractivity (Wildman–Crippen MR) is 130 cm³/mol. The minimum absolute atomic E-state index is 0.0371. The average molecular weight is 447 g/mol. The van der Waals surface area contributed by atoms with E-state index in [0.29, 0.717) is 13.1 Å². The monoisotopic (exact) mass is 446 g/mol. The van der Waals surface area contributed by atoms with E-state index in [9.17, 15) is 9.59 Å². The molecule has 3 aliphatic heterocycles. The summed E-state index contributed by atoms with van der Waals surface area (Å²) < 4.78 is 0. The summed E-state index contributed by atoms with van der Waals surface area (Å²) in [5.74, 6) is 0.252. The van der Waals surface area contributed by atoms with E-state index in [1.165, 1.54) is 11.1 Å². The van der Waals surface area contributed by atoms with Gasteiger partial charge in [0.2, 0.25) is 5.91 Å². The molecule has 3 aliphatic rings. The van der Waals surface area contributed by atoms with Gasteiger partial charge in [0.25, 0.3) is 0 Å². The second-order valence-electron chi connectivity index (χ2n) is 10.2. The lowest BCUT2D eigenvalue weighted by Gasteiger charge is -2.50. The zero-order valence-corrected chi connectivity index (χ0v) is 19.7. The van der Waals surface area contributed by atoms with Crippen molar-refractivity contribution < 1.29 is 9.59 Å². The molecule has 3 fully saturated rings. The van der Waals surface area contributed by atoms with E-state index < -0.39 is 0 Å². The van der Waals surface area contributed by atoms with Gasteiger partial charge in [-0.25, -0.2) is 4.79 Å². The van der Waals surface area contributed by atoms with Crippen LogP contribution >= 0.6 is 0 Å². The lowest BCUT2D eigenvalue weighted by atomic mass is 9.71. The van der Waals surface area contributed by atoms with Crippen LogP contribution in [0.25, 0.3) is 0 Å². The molecule has 3 saturated heterocycles. The topological polar surface area (TPSA) is 55.9 Å². The summed E-state index contributed by atoms with van der Waals surface area (Å²) in [5.41, 5.74) is 4.33. The summed E-state index contributed by atoms with van der Waals surface area (Å²) in [4.78, 5) is 32.7. The molecule has 0 saturated carbocycles. The van der Waals surface area contributed by atoms with Crippen LogP contribution in [0.5, 0.6) is 0 Å². The number of amides is 3. The number of carbonyl (C=O) groups is 2. The van der Waals surface area contributed by atoms with Crippen molar-refractivity contribution in [1.29, 1.82) is 0 Å². The van der Waals surface area contributed by atoms with Gasteiger partial charge in [-0.3, -0.25) is 9.69 Å². The van der Waals surface area contributed by atoms with Crippen molar-refractivity contribution in [2.75, 3.05) is 44.6 Å². The minimum atomic E-state index is -0.144. The highest BCUT2D eigenvalue weighted by atomic mass is 16.2. The normalized spacial score (nSPS) is 21.9. The van der Waals surface area contributed by atoms with Crippen molar-refractivity contribution in [3.63, 3.8) is 0 Å². The van der Waals surface area contributed by atoms with Gasteiger partial charge in [-0.2, -0.15) is 0 Å². The number of aryl methyl sites for hydroxylation is 2. The van der Waals surface area contributed by atoms with Gasteiger partial charge in [-0.1, -0.05) is 36.4 Å². The molecule has 0 aliphatic carbocycles. The van der Waals surface area contributed by atoms with Crippen molar-refractivity contribution in [3.05, 3.63) is 65.2 Å². The Kier molecular flexibility index (Phi) is 5.87. The van der Waals surface area contributed by atoms with Crippen LogP contribution in [0.1, 0.15) is 29.5 Å². The lowest BCUT2D eigenvalue weighted by Crippen LogP contribution is -2.64. The fraction of sp³-hybridized carbons (Fsp3) is 0.481. The van der Waals surface area contributed by atoms with Gasteiger partial charge in [0.1, 0.15) is 0 Å². The van der Waals surface area contributed by atoms with Gasteiger partial charge in [-0.05, 0) is 55.5 Å². The molecule has 6 nitrogen and oxygen atoms in total. The lowest BCUT2D eigenvalue weighted by molar-refractivity contribution is -0.140. The summed E-state index contributed by atoms with van der Waals surface area (Å²) in [6, 6.07) is 16.4. The van der Waals surface area contributed by atoms with Crippen molar-refractivity contribution in [2.45, 2.75) is 33.2 Å². The maximum absolute atomic E-state index is 13.5. The fourth-order valence-electron chi connectivity index (χ4n) is 5.73. The Labute approximate surface area is 196 Å². The van der Waals surface area contributed by atoms with Crippen LogP contribution in [0.4, 0.5) is 10.5 Å². The number of likely N-dealkylation sites (tertiary alicyclic amines) is 3. The predicted octanol–water partition coefficient (Wildman–Crippen LogP) is 3.89. The molecule has 2 aromatic carbocycles.